The van der Waals surface area contributed by atoms with Gasteiger partial charge in [0.25, 0.3) is 5.91 Å². The third kappa shape index (κ3) is 3.56. The van der Waals surface area contributed by atoms with Gasteiger partial charge in [-0.05, 0) is 61.7 Å². The fraction of sp³-hybridized carbons (Fsp3) is 0.300. The average molecular weight is 334 g/mol. The second-order valence-electron chi connectivity index (χ2n) is 6.63. The van der Waals surface area contributed by atoms with Crippen LogP contribution in [-0.2, 0) is 0 Å². The van der Waals surface area contributed by atoms with Gasteiger partial charge in [-0.3, -0.25) is 9.78 Å². The molecule has 0 spiro atoms. The van der Waals surface area contributed by atoms with E-state index < -0.39 is 0 Å². The number of rotatable bonds is 4. The quantitative estimate of drug-likeness (QED) is 0.687. The van der Waals surface area contributed by atoms with E-state index in [1.807, 2.05) is 36.5 Å². The Hall–Kier alpha value is -2.66. The van der Waals surface area contributed by atoms with Gasteiger partial charge in [0.1, 0.15) is 5.69 Å². The van der Waals surface area contributed by atoms with E-state index in [9.17, 15) is 4.79 Å². The van der Waals surface area contributed by atoms with Gasteiger partial charge in [-0.15, -0.1) is 0 Å². The van der Waals surface area contributed by atoms with Gasteiger partial charge >= 0.3 is 0 Å². The molecular formula is C20H22N4O. The Labute approximate surface area is 146 Å². The molecule has 5 heteroatoms. The molecule has 1 amide bonds. The van der Waals surface area contributed by atoms with Crippen molar-refractivity contribution in [2.75, 3.05) is 19.6 Å². The van der Waals surface area contributed by atoms with Gasteiger partial charge in [-0.25, -0.2) is 0 Å². The Morgan fingerprint density at radius 3 is 2.84 bits per heavy atom. The number of hydrogen-bond donors (Lipinski definition) is 3. The van der Waals surface area contributed by atoms with Crippen LogP contribution in [0.4, 0.5) is 0 Å². The summed E-state index contributed by atoms with van der Waals surface area (Å²) in [5, 5.41) is 7.45. The number of H-pyrrole nitrogens is 1. The second kappa shape index (κ2) is 7.07. The lowest BCUT2D eigenvalue weighted by molar-refractivity contribution is 0.0940. The molecule has 128 valence electrons. The molecule has 0 unspecified atom stereocenters. The molecule has 0 radical (unpaired) electrons. The van der Waals surface area contributed by atoms with E-state index in [-0.39, 0.29) is 5.91 Å². The van der Waals surface area contributed by atoms with Crippen LogP contribution in [0.15, 0.2) is 48.8 Å². The number of pyridine rings is 1. The molecule has 0 atom stereocenters. The number of carbonyl (C=O) groups excluding carboxylic acids is 1. The third-order valence-corrected chi connectivity index (χ3v) is 4.87. The topological polar surface area (TPSA) is 69.8 Å². The highest BCUT2D eigenvalue weighted by molar-refractivity contribution is 5.98. The maximum absolute atomic E-state index is 12.4. The fourth-order valence-corrected chi connectivity index (χ4v) is 3.39. The molecule has 1 aliphatic rings. The van der Waals surface area contributed by atoms with Gasteiger partial charge in [0.2, 0.25) is 0 Å². The van der Waals surface area contributed by atoms with Gasteiger partial charge in [0.15, 0.2) is 0 Å². The van der Waals surface area contributed by atoms with Gasteiger partial charge < -0.3 is 15.6 Å². The Morgan fingerprint density at radius 1 is 1.16 bits per heavy atom. The Morgan fingerprint density at radius 2 is 2.04 bits per heavy atom. The molecule has 3 N–H and O–H groups in total. The first-order valence-corrected chi connectivity index (χ1v) is 8.82. The first-order chi connectivity index (χ1) is 12.3. The van der Waals surface area contributed by atoms with Crippen LogP contribution in [0.5, 0.6) is 0 Å². The number of nitrogens with one attached hydrogen (secondary N) is 3. The van der Waals surface area contributed by atoms with E-state index in [2.05, 4.69) is 26.7 Å². The fourth-order valence-electron chi connectivity index (χ4n) is 3.39. The van der Waals surface area contributed by atoms with Gasteiger partial charge in [0.05, 0.1) is 0 Å². The SMILES string of the molecule is O=C(NCC1CCNCC1)c1cc2cc(-c3cccnc3)ccc2[nH]1. The van der Waals surface area contributed by atoms with Crippen LogP contribution in [0, 0.1) is 5.92 Å². The second-order valence-corrected chi connectivity index (χ2v) is 6.63. The predicted molar refractivity (Wildman–Crippen MR) is 99.5 cm³/mol. The van der Waals surface area contributed by atoms with Crippen LogP contribution >= 0.6 is 0 Å². The lowest BCUT2D eigenvalue weighted by Crippen LogP contribution is -2.36. The van der Waals surface area contributed by atoms with Crippen LogP contribution in [0.25, 0.3) is 22.0 Å². The summed E-state index contributed by atoms with van der Waals surface area (Å²) in [6, 6.07) is 12.0. The van der Waals surface area contributed by atoms with Crippen molar-refractivity contribution < 1.29 is 4.79 Å². The van der Waals surface area contributed by atoms with E-state index in [1.54, 1.807) is 6.20 Å². The molecule has 1 saturated heterocycles. The molecule has 0 aliphatic carbocycles. The van der Waals surface area contributed by atoms with Crippen LogP contribution in [0.1, 0.15) is 23.3 Å². The van der Waals surface area contributed by atoms with E-state index >= 15 is 0 Å². The largest absolute Gasteiger partial charge is 0.351 e. The van der Waals surface area contributed by atoms with Crippen molar-refractivity contribution in [3.8, 4) is 11.1 Å². The number of aromatic nitrogens is 2. The van der Waals surface area contributed by atoms with Gasteiger partial charge in [-0.2, -0.15) is 0 Å². The molecule has 0 bridgehead atoms. The van der Waals surface area contributed by atoms with Crippen molar-refractivity contribution in [3.05, 3.63) is 54.5 Å². The van der Waals surface area contributed by atoms with E-state index in [1.165, 1.54) is 0 Å². The number of piperidine rings is 1. The highest BCUT2D eigenvalue weighted by atomic mass is 16.1. The molecule has 0 saturated carbocycles. The molecule has 1 aromatic carbocycles. The van der Waals surface area contributed by atoms with E-state index in [4.69, 9.17) is 0 Å². The Kier molecular flexibility index (Phi) is 4.48. The van der Waals surface area contributed by atoms with Crippen LogP contribution in [0.3, 0.4) is 0 Å². The van der Waals surface area contributed by atoms with Crippen molar-refractivity contribution in [3.63, 3.8) is 0 Å². The normalized spacial score (nSPS) is 15.4. The predicted octanol–water partition coefficient (Wildman–Crippen LogP) is 2.96. The average Bonchev–Trinajstić information content (AvgIpc) is 3.11. The smallest absolute Gasteiger partial charge is 0.267 e. The number of carbonyl (C=O) groups is 1. The number of fused-ring (bicyclic) bond motifs is 1. The first-order valence-electron chi connectivity index (χ1n) is 8.82. The lowest BCUT2D eigenvalue weighted by Gasteiger charge is -2.22. The zero-order chi connectivity index (χ0) is 17.1. The summed E-state index contributed by atoms with van der Waals surface area (Å²) >= 11 is 0. The number of amides is 1. The van der Waals surface area contributed by atoms with E-state index in [0.717, 1.165) is 54.5 Å². The molecule has 3 heterocycles. The lowest BCUT2D eigenvalue weighted by atomic mass is 9.98. The minimum absolute atomic E-state index is 0.0299. The molecule has 25 heavy (non-hydrogen) atoms. The van der Waals surface area contributed by atoms with Crippen molar-refractivity contribution in [2.24, 2.45) is 5.92 Å². The van der Waals surface area contributed by atoms with E-state index in [0.29, 0.717) is 11.6 Å². The van der Waals surface area contributed by atoms with Gasteiger partial charge in [-0.1, -0.05) is 12.1 Å². The maximum atomic E-state index is 12.4. The summed E-state index contributed by atoms with van der Waals surface area (Å²) in [5.74, 6) is 0.546. The summed E-state index contributed by atoms with van der Waals surface area (Å²) in [5.41, 5.74) is 3.76. The highest BCUT2D eigenvalue weighted by Crippen LogP contribution is 2.24. The Bertz CT molecular complexity index is 866. The zero-order valence-corrected chi connectivity index (χ0v) is 14.1. The van der Waals surface area contributed by atoms with Crippen LogP contribution in [-0.4, -0.2) is 35.5 Å². The number of benzene rings is 1. The minimum Gasteiger partial charge on any atom is -0.351 e. The molecule has 1 fully saturated rings. The first kappa shape index (κ1) is 15.8. The zero-order valence-electron chi connectivity index (χ0n) is 14.1. The summed E-state index contributed by atoms with van der Waals surface area (Å²) < 4.78 is 0. The number of aromatic amines is 1. The van der Waals surface area contributed by atoms with Crippen molar-refractivity contribution in [2.45, 2.75) is 12.8 Å². The summed E-state index contributed by atoms with van der Waals surface area (Å²) in [6.07, 6.45) is 5.87. The van der Waals surface area contributed by atoms with Gasteiger partial charge in [0, 0.05) is 35.4 Å². The molecule has 1 aliphatic heterocycles. The molecular weight excluding hydrogens is 312 g/mol. The maximum Gasteiger partial charge on any atom is 0.267 e. The minimum atomic E-state index is -0.0299. The van der Waals surface area contributed by atoms with Crippen molar-refractivity contribution >= 4 is 16.8 Å². The highest BCUT2D eigenvalue weighted by Gasteiger charge is 2.15. The monoisotopic (exact) mass is 334 g/mol. The standard InChI is InChI=1S/C20H22N4O/c25-20(23-12-14-5-8-21-9-6-14)19-11-17-10-15(3-4-18(17)24-19)16-2-1-7-22-13-16/h1-4,7,10-11,13-14,21,24H,5-6,8-9,12H2,(H,23,25). The number of nitrogens with zero attached hydrogens (tertiary/aromatic N) is 1. The summed E-state index contributed by atoms with van der Waals surface area (Å²) in [4.78, 5) is 19.8. The van der Waals surface area contributed by atoms with Crippen molar-refractivity contribution in [1.29, 1.82) is 0 Å². The Balaban J connectivity index is 1.49. The molecule has 4 rings (SSSR count). The molecule has 2 aromatic heterocycles. The summed E-state index contributed by atoms with van der Waals surface area (Å²) in [7, 11) is 0. The summed E-state index contributed by atoms with van der Waals surface area (Å²) in [6.45, 7) is 2.84. The number of hydrogen-bond acceptors (Lipinski definition) is 3. The third-order valence-electron chi connectivity index (χ3n) is 4.87. The molecule has 5 nitrogen and oxygen atoms in total. The van der Waals surface area contributed by atoms with Crippen LogP contribution in [0.2, 0.25) is 0 Å². The van der Waals surface area contributed by atoms with Crippen molar-refractivity contribution in [1.82, 2.24) is 20.6 Å². The van der Waals surface area contributed by atoms with Crippen LogP contribution < -0.4 is 10.6 Å². The molecule has 3 aromatic rings.